The Morgan fingerprint density at radius 1 is 0.535 bits per heavy atom. The third kappa shape index (κ3) is 14.9. The second kappa shape index (κ2) is 28.5. The SMILES string of the molecule is COC(=O)COCn1cc(C(=O)c2nc(C(=O)OC)no2)c2cc(F)ccc21.COC(=O)COCn1cc(C(=O)c2nc(C(=O)OC)ns2)c2cc(F)ccc21.COC(=O)c1nsc(C(=O)c2cn(COC(=O)C(N)C(C)C)c3ccc(F)cc23)n1. The molecule has 33 heteroatoms. The highest BCUT2D eigenvalue weighted by molar-refractivity contribution is 7.08. The largest absolute Gasteiger partial charge is 0.467 e. The van der Waals surface area contributed by atoms with Crippen LogP contribution in [0.5, 0.6) is 0 Å². The molecule has 9 rings (SSSR count). The van der Waals surface area contributed by atoms with Crippen molar-refractivity contribution in [3.8, 4) is 0 Å². The molecule has 2 N–H and O–H groups in total. The first-order chi connectivity index (χ1) is 41.1. The van der Waals surface area contributed by atoms with Crippen molar-refractivity contribution >= 4 is 109 Å². The molecule has 86 heavy (non-hydrogen) atoms. The summed E-state index contributed by atoms with van der Waals surface area (Å²) in [5, 5.41) is 4.19. The molecule has 28 nitrogen and oxygen atoms in total. The number of nitrogens with two attached hydrogens (primary N) is 1. The average Bonchev–Trinajstić information content (AvgIpc) is 2.24. The number of hydrogen-bond acceptors (Lipinski definition) is 27. The van der Waals surface area contributed by atoms with Crippen molar-refractivity contribution in [2.24, 2.45) is 11.7 Å². The van der Waals surface area contributed by atoms with Gasteiger partial charge in [0.25, 0.3) is 29.1 Å². The number of carbonyl (C=O) groups excluding carboxylic acids is 9. The molecule has 0 saturated heterocycles. The van der Waals surface area contributed by atoms with E-state index in [0.29, 0.717) is 27.3 Å². The summed E-state index contributed by atoms with van der Waals surface area (Å²) in [7, 11) is 5.94. The fraction of sp³-hybridized carbons (Fsp3) is 0.264. The highest BCUT2D eigenvalue weighted by Gasteiger charge is 2.28. The Hall–Kier alpha value is -9.96. The van der Waals surface area contributed by atoms with Gasteiger partial charge >= 0.3 is 35.8 Å². The summed E-state index contributed by atoms with van der Waals surface area (Å²) in [5.41, 5.74) is 7.59. The maximum absolute atomic E-state index is 13.8. The van der Waals surface area contributed by atoms with Gasteiger partial charge in [-0.15, -0.1) is 0 Å². The maximum atomic E-state index is 13.8. The summed E-state index contributed by atoms with van der Waals surface area (Å²) in [6.45, 7) is 2.64. The monoisotopic (exact) mass is 1230 g/mol. The summed E-state index contributed by atoms with van der Waals surface area (Å²) in [5.74, 6) is -8.99. The third-order valence-electron chi connectivity index (χ3n) is 11.9. The molecule has 0 spiro atoms. The topological polar surface area (TPSA) is 359 Å². The van der Waals surface area contributed by atoms with E-state index in [4.69, 9.17) is 24.5 Å². The molecule has 6 heterocycles. The number of methoxy groups -OCH3 is 5. The zero-order chi connectivity index (χ0) is 62.5. The number of rotatable bonds is 21. The number of ether oxygens (including phenoxy) is 8. The molecular weight excluding hydrogens is 1190 g/mol. The third-order valence-corrected chi connectivity index (χ3v) is 13.3. The standard InChI is InChI=1S/C19H19FN4O5S.C17H14FN3O7.C17H14FN3O6S/c1-9(2)14(21)18(26)29-8-24-7-12(11-6-10(20)4-5-13(11)24)15(25)17-22-16(23-30-17)19(27)28-3;2*1-25-13(22)7-27-8-21-6-11(10-5-9(18)3-4-12(10)21)14(23)16-19-15(20-28-16)17(24)26-2/h4-7,9,14H,8,21H2,1-3H3;2*3-6H,7-8H2,1-2H3. The summed E-state index contributed by atoms with van der Waals surface area (Å²) in [4.78, 5) is 119. The van der Waals surface area contributed by atoms with Gasteiger partial charge in [0.05, 0.1) is 68.8 Å². The first-order valence-electron chi connectivity index (χ1n) is 24.6. The number of ketones is 3. The van der Waals surface area contributed by atoms with Crippen LogP contribution < -0.4 is 5.73 Å². The molecule has 0 aliphatic rings. The summed E-state index contributed by atoms with van der Waals surface area (Å²) < 4.78 is 96.5. The molecule has 0 saturated carbocycles. The lowest BCUT2D eigenvalue weighted by Gasteiger charge is -2.15. The number of fused-ring (bicyclic) bond motifs is 3. The van der Waals surface area contributed by atoms with E-state index in [1.165, 1.54) is 105 Å². The van der Waals surface area contributed by atoms with Crippen molar-refractivity contribution in [2.45, 2.75) is 40.1 Å². The minimum absolute atomic E-state index is 0.0424. The van der Waals surface area contributed by atoms with Gasteiger partial charge in [-0.25, -0.2) is 47.1 Å². The van der Waals surface area contributed by atoms with E-state index in [1.807, 2.05) is 0 Å². The van der Waals surface area contributed by atoms with E-state index in [9.17, 15) is 56.3 Å². The van der Waals surface area contributed by atoms with E-state index in [1.54, 1.807) is 18.4 Å². The van der Waals surface area contributed by atoms with Crippen LogP contribution in [0.3, 0.4) is 0 Å². The summed E-state index contributed by atoms with van der Waals surface area (Å²) >= 11 is 1.46. The summed E-state index contributed by atoms with van der Waals surface area (Å²) in [6, 6.07) is 10.9. The zero-order valence-electron chi connectivity index (χ0n) is 46.0. The Balaban J connectivity index is 0.000000185. The molecular formula is C53H47F3N10O18S2. The fourth-order valence-electron chi connectivity index (χ4n) is 7.56. The van der Waals surface area contributed by atoms with Crippen molar-refractivity contribution < 1.29 is 98.7 Å². The number of carbonyl (C=O) groups is 9. The molecule has 0 fully saturated rings. The lowest BCUT2D eigenvalue weighted by Crippen LogP contribution is -2.37. The number of hydrogen-bond donors (Lipinski definition) is 1. The summed E-state index contributed by atoms with van der Waals surface area (Å²) in [6.07, 6.45) is 4.29. The van der Waals surface area contributed by atoms with E-state index in [-0.39, 0.29) is 83.1 Å². The second-order valence-electron chi connectivity index (χ2n) is 17.7. The highest BCUT2D eigenvalue weighted by atomic mass is 32.1. The van der Waals surface area contributed by atoms with Gasteiger partial charge in [-0.05, 0) is 88.7 Å². The van der Waals surface area contributed by atoms with Crippen LogP contribution in [0.15, 0.2) is 77.7 Å². The first kappa shape index (κ1) is 63.6. The molecule has 1 atom stereocenters. The zero-order valence-corrected chi connectivity index (χ0v) is 47.7. The van der Waals surface area contributed by atoms with Gasteiger partial charge in [0, 0.05) is 34.7 Å². The highest BCUT2D eigenvalue weighted by Crippen LogP contribution is 2.29. The minimum atomic E-state index is -0.868. The van der Waals surface area contributed by atoms with Crippen LogP contribution in [0.2, 0.25) is 0 Å². The Morgan fingerprint density at radius 2 is 0.919 bits per heavy atom. The van der Waals surface area contributed by atoms with Crippen LogP contribution in [0.4, 0.5) is 13.2 Å². The van der Waals surface area contributed by atoms with Crippen LogP contribution in [-0.4, -0.2) is 151 Å². The van der Waals surface area contributed by atoms with Gasteiger partial charge in [-0.2, -0.15) is 13.7 Å². The smallest absolute Gasteiger partial charge is 0.379 e. The van der Waals surface area contributed by atoms with Crippen LogP contribution in [0.25, 0.3) is 32.7 Å². The normalized spacial score (nSPS) is 11.3. The Bertz CT molecular complexity index is 3890. The number of aromatic nitrogens is 9. The molecule has 450 valence electrons. The van der Waals surface area contributed by atoms with E-state index in [2.05, 4.69) is 52.5 Å². The van der Waals surface area contributed by atoms with Crippen molar-refractivity contribution in [3.63, 3.8) is 0 Å². The van der Waals surface area contributed by atoms with Crippen molar-refractivity contribution in [3.05, 3.63) is 141 Å². The first-order valence-corrected chi connectivity index (χ1v) is 26.1. The molecule has 0 aliphatic carbocycles. The maximum Gasteiger partial charge on any atom is 0.379 e. The Kier molecular flexibility index (Phi) is 21.1. The molecule has 1 unspecified atom stereocenters. The van der Waals surface area contributed by atoms with Gasteiger partial charge in [-0.1, -0.05) is 13.8 Å². The quantitative estimate of drug-likeness (QED) is 0.0544. The van der Waals surface area contributed by atoms with Crippen LogP contribution >= 0.6 is 23.1 Å². The molecule has 0 amide bonds. The van der Waals surface area contributed by atoms with Crippen LogP contribution in [0, 0.1) is 23.4 Å². The number of esters is 6. The molecule has 9 aromatic rings. The van der Waals surface area contributed by atoms with E-state index >= 15 is 0 Å². The predicted octanol–water partition coefficient (Wildman–Crippen LogP) is 5.26. The van der Waals surface area contributed by atoms with E-state index < -0.39 is 88.4 Å². The molecule has 0 aliphatic heterocycles. The minimum Gasteiger partial charge on any atom is -0.467 e. The van der Waals surface area contributed by atoms with Gasteiger partial charge in [-0.3, -0.25) is 19.2 Å². The molecule has 6 aromatic heterocycles. The molecule has 0 radical (unpaired) electrons. The Labute approximate surface area is 489 Å². The van der Waals surface area contributed by atoms with Crippen molar-refractivity contribution in [2.75, 3.05) is 48.8 Å². The number of benzene rings is 3. The molecule has 0 bridgehead atoms. The van der Waals surface area contributed by atoms with Crippen LogP contribution in [0.1, 0.15) is 92.7 Å². The van der Waals surface area contributed by atoms with Gasteiger partial charge in [0.2, 0.25) is 11.6 Å². The molecule has 3 aromatic carbocycles. The Morgan fingerprint density at radius 3 is 1.30 bits per heavy atom. The second-order valence-corrected chi connectivity index (χ2v) is 19.2. The van der Waals surface area contributed by atoms with Crippen molar-refractivity contribution in [1.82, 2.24) is 42.6 Å². The van der Waals surface area contributed by atoms with Gasteiger partial charge in [0.15, 0.2) is 16.7 Å². The predicted molar refractivity (Wildman–Crippen MR) is 289 cm³/mol. The van der Waals surface area contributed by atoms with Gasteiger partial charge in [0.1, 0.15) is 50.2 Å². The lowest BCUT2D eigenvalue weighted by molar-refractivity contribution is -0.150. The van der Waals surface area contributed by atoms with Gasteiger partial charge < -0.3 is 61.9 Å². The lowest BCUT2D eigenvalue weighted by atomic mass is 10.1. The van der Waals surface area contributed by atoms with Crippen molar-refractivity contribution in [1.29, 1.82) is 0 Å². The van der Waals surface area contributed by atoms with Crippen LogP contribution in [-0.2, 0) is 72.5 Å². The average molecular weight is 1230 g/mol. The number of nitrogens with zero attached hydrogens (tertiary/aromatic N) is 9. The van der Waals surface area contributed by atoms with E-state index in [0.717, 1.165) is 36.2 Å². The fourth-order valence-corrected chi connectivity index (χ4v) is 8.78. The number of halogens is 3.